The maximum atomic E-state index is 4.17. The molecule has 0 aliphatic rings. The van der Waals surface area contributed by atoms with Crippen molar-refractivity contribution in [3.05, 3.63) is 30.7 Å². The van der Waals surface area contributed by atoms with Crippen LogP contribution < -0.4 is 0 Å². The van der Waals surface area contributed by atoms with Gasteiger partial charge < -0.3 is 6.92 Å². The third-order valence-corrected chi connectivity index (χ3v) is 1.06. The third kappa shape index (κ3) is 2.85. The number of hydrogen-bond acceptors (Lipinski definition) is 2. The molecule has 1 radical (unpaired) electrons. The van der Waals surface area contributed by atoms with Gasteiger partial charge in [0.1, 0.15) is 0 Å². The van der Waals surface area contributed by atoms with E-state index in [-0.39, 0.29) is 32.7 Å². The summed E-state index contributed by atoms with van der Waals surface area (Å²) >= 11 is 0. The molecule has 0 bridgehead atoms. The fraction of sp³-hybridized carbons (Fsp3) is 0.286. The van der Waals surface area contributed by atoms with Crippen molar-refractivity contribution in [2.45, 2.75) is 13.3 Å². The van der Waals surface area contributed by atoms with E-state index in [0.717, 1.165) is 11.4 Å². The Morgan fingerprint density at radius 2 is 2.20 bits per heavy atom. The molecule has 0 unspecified atom stereocenters. The SMILES string of the molecule is [CH2-]Cc1cncc(C)n1.[Y]. The van der Waals surface area contributed by atoms with Crippen molar-refractivity contribution in [1.82, 2.24) is 9.97 Å². The summed E-state index contributed by atoms with van der Waals surface area (Å²) in [6.45, 7) is 5.62. The summed E-state index contributed by atoms with van der Waals surface area (Å²) in [7, 11) is 0. The minimum atomic E-state index is 0. The molecule has 0 aliphatic carbocycles. The molecule has 0 N–H and O–H groups in total. The predicted molar refractivity (Wildman–Crippen MR) is 35.8 cm³/mol. The van der Waals surface area contributed by atoms with Crippen molar-refractivity contribution in [3.8, 4) is 0 Å². The van der Waals surface area contributed by atoms with Gasteiger partial charge in [-0.1, -0.05) is 0 Å². The van der Waals surface area contributed by atoms with Gasteiger partial charge in [0.25, 0.3) is 0 Å². The van der Waals surface area contributed by atoms with Crippen LogP contribution >= 0.6 is 0 Å². The van der Waals surface area contributed by atoms with Gasteiger partial charge in [-0.2, -0.15) is 0 Å². The number of hydrogen-bond donors (Lipinski definition) is 0. The molecule has 0 atom stereocenters. The van der Waals surface area contributed by atoms with Gasteiger partial charge in [-0.15, -0.1) is 6.42 Å². The van der Waals surface area contributed by atoms with Crippen LogP contribution in [-0.2, 0) is 39.1 Å². The van der Waals surface area contributed by atoms with Gasteiger partial charge >= 0.3 is 0 Å². The number of aromatic nitrogens is 2. The zero-order chi connectivity index (χ0) is 6.69. The van der Waals surface area contributed by atoms with Crippen molar-refractivity contribution in [2.24, 2.45) is 0 Å². The van der Waals surface area contributed by atoms with Crippen LogP contribution in [-0.4, -0.2) is 9.97 Å². The molecule has 51 valence electrons. The van der Waals surface area contributed by atoms with Crippen LogP contribution in [0.4, 0.5) is 0 Å². The van der Waals surface area contributed by atoms with Gasteiger partial charge in [-0.25, -0.2) is 0 Å². The molecule has 0 saturated heterocycles. The van der Waals surface area contributed by atoms with E-state index in [1.54, 1.807) is 12.4 Å². The van der Waals surface area contributed by atoms with Crippen LogP contribution in [0.15, 0.2) is 12.4 Å². The zero-order valence-electron chi connectivity index (χ0n) is 6.04. The van der Waals surface area contributed by atoms with Gasteiger partial charge in [-0.3, -0.25) is 9.97 Å². The topological polar surface area (TPSA) is 25.8 Å². The van der Waals surface area contributed by atoms with E-state index in [2.05, 4.69) is 16.9 Å². The van der Waals surface area contributed by atoms with E-state index < -0.39 is 0 Å². The first-order valence-electron chi connectivity index (χ1n) is 2.89. The smallest absolute Gasteiger partial charge is 0.0557 e. The Morgan fingerprint density at radius 1 is 1.50 bits per heavy atom. The van der Waals surface area contributed by atoms with Crippen LogP contribution in [0, 0.1) is 13.8 Å². The van der Waals surface area contributed by atoms with Gasteiger partial charge in [0.15, 0.2) is 0 Å². The van der Waals surface area contributed by atoms with E-state index in [4.69, 9.17) is 0 Å². The Balaban J connectivity index is 0.000000810. The molecule has 1 aromatic heterocycles. The normalized spacial score (nSPS) is 8.60. The summed E-state index contributed by atoms with van der Waals surface area (Å²) in [6, 6.07) is 0. The molecular formula is C7H9N2Y-. The van der Waals surface area contributed by atoms with Crippen molar-refractivity contribution < 1.29 is 32.7 Å². The maximum absolute atomic E-state index is 4.17. The Bertz CT molecular complexity index is 201. The van der Waals surface area contributed by atoms with Crippen LogP contribution in [0.25, 0.3) is 0 Å². The second-order valence-corrected chi connectivity index (χ2v) is 1.90. The van der Waals surface area contributed by atoms with Gasteiger partial charge in [0, 0.05) is 50.8 Å². The first-order valence-corrected chi connectivity index (χ1v) is 2.89. The molecule has 0 saturated carbocycles. The first kappa shape index (κ1) is 10.2. The maximum Gasteiger partial charge on any atom is 0.0557 e. The second-order valence-electron chi connectivity index (χ2n) is 1.90. The van der Waals surface area contributed by atoms with Gasteiger partial charge in [0.05, 0.1) is 5.69 Å². The molecule has 0 spiro atoms. The summed E-state index contributed by atoms with van der Waals surface area (Å²) in [4.78, 5) is 8.12. The average Bonchev–Trinajstić information content (AvgIpc) is 1.88. The molecule has 1 rings (SSSR count). The minimum absolute atomic E-state index is 0. The molecule has 0 amide bonds. The number of aryl methyl sites for hydroxylation is 1. The van der Waals surface area contributed by atoms with Crippen molar-refractivity contribution in [3.63, 3.8) is 0 Å². The fourth-order valence-electron chi connectivity index (χ4n) is 0.636. The van der Waals surface area contributed by atoms with Crippen LogP contribution in [0.3, 0.4) is 0 Å². The Kier molecular flexibility index (Phi) is 5.01. The van der Waals surface area contributed by atoms with E-state index in [0.29, 0.717) is 6.42 Å². The summed E-state index contributed by atoms with van der Waals surface area (Å²) in [6.07, 6.45) is 4.19. The Hall–Kier alpha value is 0.184. The van der Waals surface area contributed by atoms with Crippen molar-refractivity contribution in [1.29, 1.82) is 0 Å². The molecule has 1 heterocycles. The molecular weight excluding hydrogens is 201 g/mol. The van der Waals surface area contributed by atoms with Crippen LogP contribution in [0.1, 0.15) is 11.4 Å². The molecule has 0 aromatic carbocycles. The largest absolute Gasteiger partial charge is 0.338 e. The minimum Gasteiger partial charge on any atom is -0.338 e. The van der Waals surface area contributed by atoms with Gasteiger partial charge in [-0.05, 0) is 6.92 Å². The van der Waals surface area contributed by atoms with E-state index in [1.807, 2.05) is 6.92 Å². The number of rotatable bonds is 1. The predicted octanol–water partition coefficient (Wildman–Crippen LogP) is 1.16. The summed E-state index contributed by atoms with van der Waals surface area (Å²) in [5, 5.41) is 0. The zero-order valence-corrected chi connectivity index (χ0v) is 8.88. The van der Waals surface area contributed by atoms with Crippen LogP contribution in [0.5, 0.6) is 0 Å². The van der Waals surface area contributed by atoms with E-state index in [1.165, 1.54) is 0 Å². The quantitative estimate of drug-likeness (QED) is 0.650. The summed E-state index contributed by atoms with van der Waals surface area (Å²) < 4.78 is 0. The van der Waals surface area contributed by atoms with Crippen molar-refractivity contribution >= 4 is 0 Å². The molecule has 0 fully saturated rings. The summed E-state index contributed by atoms with van der Waals surface area (Å²) in [5.41, 5.74) is 1.91. The first-order chi connectivity index (χ1) is 4.33. The number of nitrogens with zero attached hydrogens (tertiary/aromatic N) is 2. The van der Waals surface area contributed by atoms with Gasteiger partial charge in [0.2, 0.25) is 0 Å². The third-order valence-electron chi connectivity index (χ3n) is 1.06. The monoisotopic (exact) mass is 210 g/mol. The van der Waals surface area contributed by atoms with Crippen LogP contribution in [0.2, 0.25) is 0 Å². The molecule has 3 heteroatoms. The average molecular weight is 210 g/mol. The standard InChI is InChI=1S/C7H9N2.Y/c1-3-7-5-8-4-6(2)9-7;/h4-5H,1,3H2,2H3;/q-1;. The molecule has 10 heavy (non-hydrogen) atoms. The Labute approximate surface area is 86.3 Å². The van der Waals surface area contributed by atoms with E-state index in [9.17, 15) is 0 Å². The fourth-order valence-corrected chi connectivity index (χ4v) is 0.636. The molecule has 1 aromatic rings. The van der Waals surface area contributed by atoms with Crippen molar-refractivity contribution in [2.75, 3.05) is 0 Å². The molecule has 0 aliphatic heterocycles. The molecule has 2 nitrogen and oxygen atoms in total. The van der Waals surface area contributed by atoms with E-state index >= 15 is 0 Å². The second kappa shape index (κ2) is 4.92. The Morgan fingerprint density at radius 3 is 2.60 bits per heavy atom. The summed E-state index contributed by atoms with van der Waals surface area (Å²) in [5.74, 6) is 0.